The van der Waals surface area contributed by atoms with E-state index in [4.69, 9.17) is 4.99 Å². The monoisotopic (exact) mass is 553 g/mol. The van der Waals surface area contributed by atoms with Crippen LogP contribution in [0.3, 0.4) is 0 Å². The van der Waals surface area contributed by atoms with E-state index in [9.17, 15) is 0 Å². The Morgan fingerprint density at radius 2 is 1.30 bits per heavy atom. The first kappa shape index (κ1) is 23.1. The summed E-state index contributed by atoms with van der Waals surface area (Å²) in [5, 5.41) is 12.4. The quantitative estimate of drug-likeness (QED) is 0.168. The second-order valence-corrected chi connectivity index (χ2v) is 11.5. The van der Waals surface area contributed by atoms with Crippen LogP contribution in [0.2, 0.25) is 0 Å². The van der Waals surface area contributed by atoms with Crippen LogP contribution in [0, 0.1) is 0 Å². The predicted molar refractivity (Wildman–Crippen MR) is 180 cm³/mol. The third-order valence-corrected chi connectivity index (χ3v) is 9.37. The maximum Gasteiger partial charge on any atom is 0.208 e. The second-order valence-electron chi connectivity index (χ2n) is 11.5. The number of aromatic nitrogens is 3. The van der Waals surface area contributed by atoms with Crippen LogP contribution in [0.25, 0.3) is 77.7 Å². The molecule has 0 saturated heterocycles. The van der Waals surface area contributed by atoms with Crippen LogP contribution >= 0.6 is 0 Å². The first-order valence-corrected chi connectivity index (χ1v) is 15.0. The lowest BCUT2D eigenvalue weighted by Crippen LogP contribution is -2.27. The van der Waals surface area contributed by atoms with E-state index in [-0.39, 0.29) is 0 Å². The molecular formula is C38H27N5. The minimum atomic E-state index is 0.794. The molecule has 4 heterocycles. The van der Waals surface area contributed by atoms with Crippen LogP contribution in [0.1, 0.15) is 12.8 Å². The van der Waals surface area contributed by atoms with E-state index in [0.717, 1.165) is 35.5 Å². The maximum atomic E-state index is 5.12. The van der Waals surface area contributed by atoms with Gasteiger partial charge >= 0.3 is 0 Å². The molecule has 4 aromatic heterocycles. The van der Waals surface area contributed by atoms with Crippen LogP contribution in [0.15, 0.2) is 108 Å². The van der Waals surface area contributed by atoms with E-state index < -0.39 is 0 Å². The molecule has 0 aliphatic heterocycles. The normalized spacial score (nSPS) is 14.0. The Bertz CT molecular complexity index is 2750. The van der Waals surface area contributed by atoms with E-state index in [1.807, 2.05) is 37.4 Å². The van der Waals surface area contributed by atoms with Gasteiger partial charge in [-0.05, 0) is 55.3 Å². The zero-order chi connectivity index (χ0) is 28.2. The molecule has 1 aliphatic rings. The predicted octanol–water partition coefficient (Wildman–Crippen LogP) is 7.31. The molecule has 5 nitrogen and oxygen atoms in total. The Kier molecular flexibility index (Phi) is 4.43. The number of fused-ring (bicyclic) bond motifs is 8. The molecule has 0 bridgehead atoms. The van der Waals surface area contributed by atoms with E-state index in [1.54, 1.807) is 0 Å². The fraction of sp³-hybridized carbons (Fsp3) is 0.0789. The number of hydrogen-bond donors (Lipinski definition) is 1. The highest BCUT2D eigenvalue weighted by atomic mass is 15.2. The number of para-hydroxylation sites is 3. The van der Waals surface area contributed by atoms with E-state index in [2.05, 4.69) is 104 Å². The molecule has 5 heteroatoms. The average Bonchev–Trinajstić information content (AvgIpc) is 3.69. The zero-order valence-corrected chi connectivity index (χ0v) is 23.7. The van der Waals surface area contributed by atoms with Crippen LogP contribution < -0.4 is 15.9 Å². The molecule has 1 aliphatic carbocycles. The summed E-state index contributed by atoms with van der Waals surface area (Å²) in [6.45, 7) is 0. The van der Waals surface area contributed by atoms with Gasteiger partial charge in [0.2, 0.25) is 5.96 Å². The van der Waals surface area contributed by atoms with Crippen molar-refractivity contribution in [3.8, 4) is 0 Å². The molecule has 9 aromatic rings. The van der Waals surface area contributed by atoms with Gasteiger partial charge in [-0.15, -0.1) is 0 Å². The topological polar surface area (TPSA) is 38.1 Å². The Labute approximate surface area is 246 Å². The molecule has 5 aromatic carbocycles. The van der Waals surface area contributed by atoms with E-state index >= 15 is 0 Å². The highest BCUT2D eigenvalue weighted by molar-refractivity contribution is 6.29. The Hall–Kier alpha value is -5.55. The first-order valence-electron chi connectivity index (χ1n) is 15.0. The van der Waals surface area contributed by atoms with Gasteiger partial charge in [0.25, 0.3) is 0 Å². The fourth-order valence-electron chi connectivity index (χ4n) is 7.74. The minimum Gasteiger partial charge on any atom is -0.358 e. The Morgan fingerprint density at radius 3 is 2.21 bits per heavy atom. The molecular weight excluding hydrogens is 526 g/mol. The summed E-state index contributed by atoms with van der Waals surface area (Å²) in [5.41, 5.74) is 9.34. The van der Waals surface area contributed by atoms with Crippen LogP contribution in [-0.2, 0) is 0 Å². The van der Waals surface area contributed by atoms with Crippen molar-refractivity contribution in [3.63, 3.8) is 0 Å². The largest absolute Gasteiger partial charge is 0.358 e. The van der Waals surface area contributed by atoms with Crippen LogP contribution in [-0.4, -0.2) is 26.4 Å². The lowest BCUT2D eigenvalue weighted by atomic mass is 10.1. The lowest BCUT2D eigenvalue weighted by Gasteiger charge is -2.11. The molecule has 0 spiro atoms. The van der Waals surface area contributed by atoms with Gasteiger partial charge in [-0.1, -0.05) is 72.8 Å². The molecule has 43 heavy (non-hydrogen) atoms. The summed E-state index contributed by atoms with van der Waals surface area (Å²) in [5.74, 6) is 0.794. The molecule has 0 amide bonds. The minimum absolute atomic E-state index is 0.794. The number of nitrogens with one attached hydrogen (secondary N) is 1. The summed E-state index contributed by atoms with van der Waals surface area (Å²) < 4.78 is 7.36. The molecule has 10 rings (SSSR count). The standard InChI is InChI=1S/C38H27N5/c1-39-38(40-23-11-3-2-4-12-23)43-31-19-10-18-30-34(31)35-32(43)22-21-27-25-14-6-8-17-29(25)42(37(27)35)33-20-9-15-26-24-13-5-7-16-28(24)41(30)36(26)33/h2-5,7,9-22H,6,8H2,1H3,(H,39,40). The van der Waals surface area contributed by atoms with Crippen molar-refractivity contribution in [1.29, 1.82) is 0 Å². The third kappa shape index (κ3) is 2.84. The van der Waals surface area contributed by atoms with Crippen LogP contribution in [0.4, 0.5) is 5.69 Å². The van der Waals surface area contributed by atoms with Crippen molar-refractivity contribution in [1.82, 2.24) is 18.7 Å². The Morgan fingerprint density at radius 1 is 0.581 bits per heavy atom. The van der Waals surface area contributed by atoms with Crippen molar-refractivity contribution in [2.45, 2.75) is 12.8 Å². The lowest BCUT2D eigenvalue weighted by molar-refractivity contribution is 1.06. The number of hydrogen-bond acceptors (Lipinski definition) is 1. The SMILES string of the molecule is CNC(=Nc1ccccc1)n1c2ccc3c4c(n5c6cccc7c8ccccc8n(c8cccc1c8c2c35)c76)=CCCC=4. The number of aliphatic imine (C=N–C) groups is 1. The summed E-state index contributed by atoms with van der Waals surface area (Å²) in [7, 11) is 1.96. The Balaban J connectivity index is 1.58. The van der Waals surface area contributed by atoms with Crippen LogP contribution in [0.5, 0.6) is 0 Å². The van der Waals surface area contributed by atoms with Gasteiger partial charge in [0.1, 0.15) is 0 Å². The van der Waals surface area contributed by atoms with Gasteiger partial charge < -0.3 is 14.1 Å². The highest BCUT2D eigenvalue weighted by Crippen LogP contribution is 2.41. The maximum absolute atomic E-state index is 5.12. The number of rotatable bonds is 1. The molecule has 0 fully saturated rings. The van der Waals surface area contributed by atoms with Crippen molar-refractivity contribution in [3.05, 3.63) is 114 Å². The first-order chi connectivity index (χ1) is 21.3. The van der Waals surface area contributed by atoms with E-state index in [1.165, 1.54) is 65.1 Å². The number of nitrogens with zero attached hydrogens (tertiary/aromatic N) is 4. The van der Waals surface area contributed by atoms with Crippen molar-refractivity contribution in [2.75, 3.05) is 7.05 Å². The van der Waals surface area contributed by atoms with Crippen molar-refractivity contribution in [2.24, 2.45) is 4.99 Å². The smallest absolute Gasteiger partial charge is 0.208 e. The van der Waals surface area contributed by atoms with Gasteiger partial charge in [-0.3, -0.25) is 4.57 Å². The molecule has 1 N–H and O–H groups in total. The van der Waals surface area contributed by atoms with Crippen molar-refractivity contribution < 1.29 is 0 Å². The van der Waals surface area contributed by atoms with Gasteiger partial charge in [0, 0.05) is 44.5 Å². The molecule has 0 saturated carbocycles. The second kappa shape index (κ2) is 8.26. The van der Waals surface area contributed by atoms with Gasteiger partial charge in [-0.25, -0.2) is 4.99 Å². The van der Waals surface area contributed by atoms with E-state index in [0.29, 0.717) is 0 Å². The van der Waals surface area contributed by atoms with Gasteiger partial charge in [-0.2, -0.15) is 0 Å². The molecule has 204 valence electrons. The highest BCUT2D eigenvalue weighted by Gasteiger charge is 2.24. The average molecular weight is 554 g/mol. The molecule has 0 unspecified atom stereocenters. The summed E-state index contributed by atoms with van der Waals surface area (Å²) in [6.07, 6.45) is 6.98. The van der Waals surface area contributed by atoms with Crippen molar-refractivity contribution >= 4 is 89.3 Å². The molecule has 0 atom stereocenters. The fourth-order valence-corrected chi connectivity index (χ4v) is 7.74. The van der Waals surface area contributed by atoms with Gasteiger partial charge in [0.15, 0.2) is 0 Å². The summed E-state index contributed by atoms with van der Waals surface area (Å²) in [6, 6.07) is 37.2. The summed E-state index contributed by atoms with van der Waals surface area (Å²) >= 11 is 0. The molecule has 0 radical (unpaired) electrons. The zero-order valence-electron chi connectivity index (χ0n) is 23.7. The number of benzene rings is 5. The third-order valence-electron chi connectivity index (χ3n) is 9.37. The van der Waals surface area contributed by atoms with Gasteiger partial charge in [0.05, 0.1) is 44.3 Å². The summed E-state index contributed by atoms with van der Waals surface area (Å²) in [4.78, 5) is 5.12.